The summed E-state index contributed by atoms with van der Waals surface area (Å²) in [5, 5.41) is 21.0. The first kappa shape index (κ1) is 16.3. The number of aromatic hydroxyl groups is 1. The van der Waals surface area contributed by atoms with Crippen molar-refractivity contribution in [3.63, 3.8) is 0 Å². The number of benzene rings is 1. The van der Waals surface area contributed by atoms with Crippen LogP contribution in [0.25, 0.3) is 6.08 Å². The first-order valence-corrected chi connectivity index (χ1v) is 7.43. The lowest BCUT2D eigenvalue weighted by molar-refractivity contribution is -0.309. The van der Waals surface area contributed by atoms with Crippen molar-refractivity contribution in [3.05, 3.63) is 28.7 Å². The number of aliphatic carboxylic acids is 1. The van der Waals surface area contributed by atoms with E-state index in [9.17, 15) is 19.8 Å². The Balaban J connectivity index is 2.37. The predicted octanol–water partition coefficient (Wildman–Crippen LogP) is 0.740. The van der Waals surface area contributed by atoms with Crippen molar-refractivity contribution in [3.8, 4) is 11.5 Å². The molecule has 0 spiro atoms. The van der Waals surface area contributed by atoms with Gasteiger partial charge in [-0.05, 0) is 19.1 Å². The second kappa shape index (κ2) is 6.37. The second-order valence-corrected chi connectivity index (χ2v) is 6.12. The highest BCUT2D eigenvalue weighted by Crippen LogP contribution is 2.37. The number of ether oxygens (including phenoxy) is 1. The second-order valence-electron chi connectivity index (χ2n) is 4.44. The number of thioether (sulfide) groups is 1. The number of rotatable bonds is 4. The van der Waals surface area contributed by atoms with Crippen LogP contribution in [0.4, 0.5) is 0 Å². The zero-order valence-electron chi connectivity index (χ0n) is 11.7. The van der Waals surface area contributed by atoms with Crippen LogP contribution in [0, 0.1) is 0 Å². The van der Waals surface area contributed by atoms with Crippen LogP contribution in [0.1, 0.15) is 12.5 Å². The summed E-state index contributed by atoms with van der Waals surface area (Å²) in [6.07, 6.45) is 1.44. The Morgan fingerprint density at radius 3 is 2.82 bits per heavy atom. The molecular weight excluding hydrogens is 326 g/mol. The van der Waals surface area contributed by atoms with Gasteiger partial charge in [0.1, 0.15) is 4.32 Å². The minimum Gasteiger partial charge on any atom is -0.548 e. The van der Waals surface area contributed by atoms with E-state index in [0.717, 1.165) is 16.7 Å². The zero-order chi connectivity index (χ0) is 16.4. The van der Waals surface area contributed by atoms with Gasteiger partial charge in [0.05, 0.1) is 24.0 Å². The molecule has 0 radical (unpaired) electrons. The molecule has 1 aliphatic heterocycles. The maximum atomic E-state index is 12.3. The summed E-state index contributed by atoms with van der Waals surface area (Å²) in [7, 11) is 1.42. The van der Waals surface area contributed by atoms with Crippen molar-refractivity contribution >= 4 is 46.3 Å². The molecule has 1 N–H and O–H groups in total. The molecule has 0 aromatic heterocycles. The first-order valence-electron chi connectivity index (χ1n) is 6.20. The van der Waals surface area contributed by atoms with E-state index >= 15 is 0 Å². The summed E-state index contributed by atoms with van der Waals surface area (Å²) >= 11 is 6.01. The molecule has 116 valence electrons. The van der Waals surface area contributed by atoms with E-state index in [1.807, 2.05) is 0 Å². The van der Waals surface area contributed by atoms with Crippen molar-refractivity contribution in [2.75, 3.05) is 7.11 Å². The van der Waals surface area contributed by atoms with E-state index in [1.165, 1.54) is 20.1 Å². The topological polar surface area (TPSA) is 89.9 Å². The fourth-order valence-corrected chi connectivity index (χ4v) is 3.29. The van der Waals surface area contributed by atoms with Gasteiger partial charge in [-0.1, -0.05) is 36.1 Å². The molecule has 22 heavy (non-hydrogen) atoms. The molecule has 0 saturated carbocycles. The van der Waals surface area contributed by atoms with Gasteiger partial charge in [-0.25, -0.2) is 0 Å². The standard InChI is InChI=1S/C14H13NO5S2/c1-7(13(18)19)15-12(17)10(22-14(15)21)6-8-4-3-5-9(20-2)11(8)16/h3-7,16H,1-2H3,(H,18,19)/p-1/b10-6-/t7-/m0/s1. The monoisotopic (exact) mass is 338 g/mol. The van der Waals surface area contributed by atoms with E-state index in [0.29, 0.717) is 5.56 Å². The number of methoxy groups -OCH3 is 1. The summed E-state index contributed by atoms with van der Waals surface area (Å²) in [4.78, 5) is 24.4. The molecule has 0 aliphatic carbocycles. The first-order chi connectivity index (χ1) is 10.4. The van der Waals surface area contributed by atoms with Crippen molar-refractivity contribution in [1.82, 2.24) is 4.90 Å². The van der Waals surface area contributed by atoms with Crippen LogP contribution in [-0.2, 0) is 9.59 Å². The predicted molar refractivity (Wildman–Crippen MR) is 84.1 cm³/mol. The van der Waals surface area contributed by atoms with Gasteiger partial charge in [0, 0.05) is 5.56 Å². The number of carbonyl (C=O) groups is 2. The number of carboxylic acid groups (broad SMARTS) is 1. The number of carbonyl (C=O) groups excluding carboxylic acids is 2. The number of hydrogen-bond donors (Lipinski definition) is 1. The fourth-order valence-electron chi connectivity index (χ4n) is 1.88. The van der Waals surface area contributed by atoms with Crippen molar-refractivity contribution in [1.29, 1.82) is 0 Å². The molecule has 1 aromatic carbocycles. The summed E-state index contributed by atoms with van der Waals surface area (Å²) in [6.45, 7) is 1.33. The minimum atomic E-state index is -1.39. The molecule has 2 rings (SSSR count). The van der Waals surface area contributed by atoms with Crippen LogP contribution in [0.15, 0.2) is 23.1 Å². The molecule has 8 heteroatoms. The van der Waals surface area contributed by atoms with E-state index in [2.05, 4.69) is 0 Å². The van der Waals surface area contributed by atoms with Crippen LogP contribution in [-0.4, -0.2) is 39.4 Å². The van der Waals surface area contributed by atoms with E-state index in [4.69, 9.17) is 17.0 Å². The highest BCUT2D eigenvalue weighted by molar-refractivity contribution is 8.26. The molecule has 1 aromatic rings. The number of amides is 1. The Kier molecular flexibility index (Phi) is 4.72. The summed E-state index contributed by atoms with van der Waals surface area (Å²) in [6, 6.07) is 3.69. The lowest BCUT2D eigenvalue weighted by Gasteiger charge is -2.23. The van der Waals surface area contributed by atoms with Gasteiger partial charge in [-0.15, -0.1) is 0 Å². The Morgan fingerprint density at radius 1 is 1.55 bits per heavy atom. The SMILES string of the molecule is COc1cccc(/C=C2\SC(=S)N([C@@H](C)C(=O)[O-])C2=O)c1O. The minimum absolute atomic E-state index is 0.108. The third-order valence-electron chi connectivity index (χ3n) is 3.09. The normalized spacial score (nSPS) is 17.9. The van der Waals surface area contributed by atoms with Crippen molar-refractivity contribution in [2.45, 2.75) is 13.0 Å². The number of phenolic OH excluding ortho intramolecular Hbond substituents is 1. The van der Waals surface area contributed by atoms with E-state index < -0.39 is 17.9 Å². The molecule has 1 saturated heterocycles. The zero-order valence-corrected chi connectivity index (χ0v) is 13.4. The Hall–Kier alpha value is -2.06. The number of nitrogens with zero attached hydrogens (tertiary/aromatic N) is 1. The van der Waals surface area contributed by atoms with Gasteiger partial charge in [0.15, 0.2) is 11.5 Å². The maximum Gasteiger partial charge on any atom is 0.266 e. The summed E-state index contributed by atoms with van der Waals surface area (Å²) in [5.74, 6) is -1.76. The van der Waals surface area contributed by atoms with E-state index in [1.54, 1.807) is 18.2 Å². The highest BCUT2D eigenvalue weighted by Gasteiger charge is 2.36. The van der Waals surface area contributed by atoms with Crippen molar-refractivity contribution < 1.29 is 24.5 Å². The summed E-state index contributed by atoms with van der Waals surface area (Å²) < 4.78 is 5.13. The van der Waals surface area contributed by atoms with Crippen molar-refractivity contribution in [2.24, 2.45) is 0 Å². The van der Waals surface area contributed by atoms with Gasteiger partial charge in [-0.2, -0.15) is 0 Å². The average Bonchev–Trinajstić information content (AvgIpc) is 2.75. The van der Waals surface area contributed by atoms with Crippen LogP contribution < -0.4 is 9.84 Å². The lowest BCUT2D eigenvalue weighted by atomic mass is 10.1. The molecular formula is C14H12NO5S2-. The van der Waals surface area contributed by atoms with Crippen LogP contribution in [0.2, 0.25) is 0 Å². The number of hydrogen-bond acceptors (Lipinski definition) is 7. The van der Waals surface area contributed by atoms with E-state index in [-0.39, 0.29) is 20.7 Å². The van der Waals surface area contributed by atoms with Crippen LogP contribution >= 0.6 is 24.0 Å². The molecule has 6 nitrogen and oxygen atoms in total. The number of thiocarbonyl (C=S) groups is 1. The van der Waals surface area contributed by atoms with Gasteiger partial charge < -0.3 is 19.7 Å². The number of phenols is 1. The van der Waals surface area contributed by atoms with Crippen LogP contribution in [0.5, 0.6) is 11.5 Å². The highest BCUT2D eigenvalue weighted by atomic mass is 32.2. The third-order valence-corrected chi connectivity index (χ3v) is 4.42. The molecule has 1 heterocycles. The molecule has 1 fully saturated rings. The Morgan fingerprint density at radius 2 is 2.23 bits per heavy atom. The third kappa shape index (κ3) is 2.93. The van der Waals surface area contributed by atoms with Gasteiger partial charge in [0.2, 0.25) is 0 Å². The van der Waals surface area contributed by atoms with Gasteiger partial charge in [0.25, 0.3) is 5.91 Å². The molecule has 1 aliphatic rings. The molecule has 0 unspecified atom stereocenters. The Labute approximate surface area is 136 Å². The number of carboxylic acids is 1. The lowest BCUT2D eigenvalue weighted by Crippen LogP contribution is -2.48. The smallest absolute Gasteiger partial charge is 0.266 e. The van der Waals surface area contributed by atoms with Crippen LogP contribution in [0.3, 0.4) is 0 Å². The average molecular weight is 338 g/mol. The molecule has 1 atom stereocenters. The Bertz CT molecular complexity index is 686. The number of para-hydroxylation sites is 1. The quantitative estimate of drug-likeness (QED) is 0.640. The largest absolute Gasteiger partial charge is 0.548 e. The van der Waals surface area contributed by atoms with Gasteiger partial charge in [-0.3, -0.25) is 9.69 Å². The molecule has 0 bridgehead atoms. The summed E-state index contributed by atoms with van der Waals surface area (Å²) in [5.41, 5.74) is 0.376. The van der Waals surface area contributed by atoms with Gasteiger partial charge >= 0.3 is 0 Å². The maximum absolute atomic E-state index is 12.3. The molecule has 1 amide bonds. The fraction of sp³-hybridized carbons (Fsp3) is 0.214.